The average Bonchev–Trinajstić information content (AvgIpc) is 2.88. The number of benzene rings is 2. The second-order valence-corrected chi connectivity index (χ2v) is 5.62. The van der Waals surface area contributed by atoms with Crippen molar-refractivity contribution in [2.24, 2.45) is 0 Å². The maximum Gasteiger partial charge on any atom is 0.140 e. The molecule has 0 radical (unpaired) electrons. The maximum atomic E-state index is 13.5. The molecule has 3 rings (SSSR count). The minimum Gasteiger partial charge on any atom is -0.508 e. The molecule has 3 nitrogen and oxygen atoms in total. The predicted molar refractivity (Wildman–Crippen MR) is 82.5 cm³/mol. The Labute approximate surface area is 129 Å². The van der Waals surface area contributed by atoms with E-state index in [1.807, 2.05) is 29.0 Å². The van der Waals surface area contributed by atoms with Crippen LogP contribution in [0.1, 0.15) is 5.56 Å². The number of phenolic OH excluding ortho intramolecular Hbond substituents is 1. The minimum absolute atomic E-state index is 0.235. The molecule has 0 aliphatic heterocycles. The zero-order chi connectivity index (χ0) is 14.8. The van der Waals surface area contributed by atoms with Gasteiger partial charge in [0, 0.05) is 29.0 Å². The summed E-state index contributed by atoms with van der Waals surface area (Å²) < 4.78 is 16.1. The van der Waals surface area contributed by atoms with E-state index in [0.29, 0.717) is 22.4 Å². The second-order valence-electron chi connectivity index (χ2n) is 4.70. The molecule has 5 heteroatoms. The van der Waals surface area contributed by atoms with Crippen LogP contribution < -0.4 is 0 Å². The topological polar surface area (TPSA) is 38.0 Å². The van der Waals surface area contributed by atoms with Gasteiger partial charge in [-0.1, -0.05) is 28.1 Å². The van der Waals surface area contributed by atoms with Gasteiger partial charge in [-0.15, -0.1) is 0 Å². The third-order valence-electron chi connectivity index (χ3n) is 3.13. The van der Waals surface area contributed by atoms with Gasteiger partial charge in [-0.05, 0) is 35.9 Å². The Morgan fingerprint density at radius 2 is 1.90 bits per heavy atom. The molecule has 21 heavy (non-hydrogen) atoms. The number of hydrogen-bond donors (Lipinski definition) is 1. The first-order chi connectivity index (χ1) is 10.1. The Morgan fingerprint density at radius 1 is 1.14 bits per heavy atom. The molecule has 0 amide bonds. The molecular weight excluding hydrogens is 335 g/mol. The molecule has 0 fully saturated rings. The maximum absolute atomic E-state index is 13.5. The minimum atomic E-state index is -0.307. The van der Waals surface area contributed by atoms with Crippen LogP contribution in [0.4, 0.5) is 4.39 Å². The average molecular weight is 347 g/mol. The van der Waals surface area contributed by atoms with Crippen LogP contribution in [0.25, 0.3) is 11.4 Å². The summed E-state index contributed by atoms with van der Waals surface area (Å²) in [5.41, 5.74) is 1.74. The smallest absolute Gasteiger partial charge is 0.140 e. The number of nitrogens with zero attached hydrogens (tertiary/aromatic N) is 2. The third kappa shape index (κ3) is 3.13. The number of aromatic nitrogens is 2. The van der Waals surface area contributed by atoms with E-state index >= 15 is 0 Å². The Kier molecular flexibility index (Phi) is 3.75. The van der Waals surface area contributed by atoms with Crippen molar-refractivity contribution in [3.8, 4) is 17.1 Å². The molecular formula is C16H12BrFN2O. The number of hydrogen-bond acceptors (Lipinski definition) is 2. The normalized spacial score (nSPS) is 10.8. The molecule has 0 bridgehead atoms. The summed E-state index contributed by atoms with van der Waals surface area (Å²) >= 11 is 3.29. The van der Waals surface area contributed by atoms with Gasteiger partial charge in [-0.3, -0.25) is 0 Å². The SMILES string of the molecule is Oc1ccc(Cn2ccnc2-c2cc(F)cc(Br)c2)cc1. The second kappa shape index (κ2) is 5.69. The van der Waals surface area contributed by atoms with Crippen molar-refractivity contribution in [1.82, 2.24) is 9.55 Å². The molecule has 2 aromatic carbocycles. The number of phenols is 1. The van der Waals surface area contributed by atoms with E-state index in [-0.39, 0.29) is 11.6 Å². The lowest BCUT2D eigenvalue weighted by Gasteiger charge is -2.09. The number of imidazole rings is 1. The molecule has 0 saturated heterocycles. The summed E-state index contributed by atoms with van der Waals surface area (Å²) in [6.07, 6.45) is 3.54. The van der Waals surface area contributed by atoms with Crippen molar-refractivity contribution in [3.05, 3.63) is 70.7 Å². The third-order valence-corrected chi connectivity index (χ3v) is 3.58. The van der Waals surface area contributed by atoms with Crippen LogP contribution in [0.3, 0.4) is 0 Å². The zero-order valence-electron chi connectivity index (χ0n) is 11.0. The first-order valence-electron chi connectivity index (χ1n) is 6.37. The Bertz CT molecular complexity index is 748. The summed E-state index contributed by atoms with van der Waals surface area (Å²) in [7, 11) is 0. The van der Waals surface area contributed by atoms with Crippen molar-refractivity contribution in [2.45, 2.75) is 6.54 Å². The molecule has 1 aromatic heterocycles. The molecule has 106 valence electrons. The highest BCUT2D eigenvalue weighted by atomic mass is 79.9. The van der Waals surface area contributed by atoms with Gasteiger partial charge in [-0.2, -0.15) is 0 Å². The van der Waals surface area contributed by atoms with Gasteiger partial charge in [0.1, 0.15) is 17.4 Å². The van der Waals surface area contributed by atoms with Crippen LogP contribution in [-0.4, -0.2) is 14.7 Å². The van der Waals surface area contributed by atoms with Crippen molar-refractivity contribution >= 4 is 15.9 Å². The molecule has 0 spiro atoms. The van der Waals surface area contributed by atoms with E-state index < -0.39 is 0 Å². The number of rotatable bonds is 3. The Balaban J connectivity index is 1.95. The van der Waals surface area contributed by atoms with Gasteiger partial charge in [0.25, 0.3) is 0 Å². The lowest BCUT2D eigenvalue weighted by molar-refractivity contribution is 0.475. The van der Waals surface area contributed by atoms with Crippen LogP contribution in [0.15, 0.2) is 59.3 Å². The quantitative estimate of drug-likeness (QED) is 0.771. The fourth-order valence-corrected chi connectivity index (χ4v) is 2.64. The van der Waals surface area contributed by atoms with Gasteiger partial charge in [0.05, 0.1) is 0 Å². The first-order valence-corrected chi connectivity index (χ1v) is 7.16. The largest absolute Gasteiger partial charge is 0.508 e. The van der Waals surface area contributed by atoms with Crippen LogP contribution in [-0.2, 0) is 6.54 Å². The van der Waals surface area contributed by atoms with E-state index in [0.717, 1.165) is 5.56 Å². The van der Waals surface area contributed by atoms with Gasteiger partial charge < -0.3 is 9.67 Å². The molecule has 1 N–H and O–H groups in total. The van der Waals surface area contributed by atoms with E-state index in [4.69, 9.17) is 0 Å². The molecule has 0 atom stereocenters. The number of aromatic hydroxyl groups is 1. The summed E-state index contributed by atoms with van der Waals surface area (Å²) in [6.45, 7) is 0.601. The van der Waals surface area contributed by atoms with Crippen LogP contribution >= 0.6 is 15.9 Å². The van der Waals surface area contributed by atoms with Gasteiger partial charge in [-0.25, -0.2) is 9.37 Å². The Morgan fingerprint density at radius 3 is 2.62 bits per heavy atom. The lowest BCUT2D eigenvalue weighted by Crippen LogP contribution is -2.01. The van der Waals surface area contributed by atoms with Crippen molar-refractivity contribution < 1.29 is 9.50 Å². The number of halogens is 2. The fraction of sp³-hybridized carbons (Fsp3) is 0.0625. The molecule has 0 unspecified atom stereocenters. The van der Waals surface area contributed by atoms with Gasteiger partial charge in [0.2, 0.25) is 0 Å². The van der Waals surface area contributed by atoms with Gasteiger partial charge in [0.15, 0.2) is 0 Å². The van der Waals surface area contributed by atoms with Crippen LogP contribution in [0.2, 0.25) is 0 Å². The summed E-state index contributed by atoms with van der Waals surface area (Å²) in [6, 6.07) is 11.7. The molecule has 0 aliphatic carbocycles. The van der Waals surface area contributed by atoms with E-state index in [9.17, 15) is 9.50 Å². The molecule has 3 aromatic rings. The van der Waals surface area contributed by atoms with Crippen molar-refractivity contribution in [1.29, 1.82) is 0 Å². The van der Waals surface area contributed by atoms with Crippen LogP contribution in [0.5, 0.6) is 5.75 Å². The highest BCUT2D eigenvalue weighted by molar-refractivity contribution is 9.10. The predicted octanol–water partition coefficient (Wildman–Crippen LogP) is 4.21. The molecule has 0 aliphatic rings. The monoisotopic (exact) mass is 346 g/mol. The van der Waals surface area contributed by atoms with E-state index in [1.54, 1.807) is 18.3 Å². The van der Waals surface area contributed by atoms with Gasteiger partial charge >= 0.3 is 0 Å². The fourth-order valence-electron chi connectivity index (χ4n) is 2.18. The van der Waals surface area contributed by atoms with Crippen molar-refractivity contribution in [3.63, 3.8) is 0 Å². The first kappa shape index (κ1) is 13.8. The summed E-state index contributed by atoms with van der Waals surface area (Å²) in [5.74, 6) is 0.625. The standard InChI is InChI=1S/C16H12BrFN2O/c17-13-7-12(8-14(18)9-13)16-19-5-6-20(16)10-11-1-3-15(21)4-2-11/h1-9,21H,10H2. The summed E-state index contributed by atoms with van der Waals surface area (Å²) in [5, 5.41) is 9.31. The highest BCUT2D eigenvalue weighted by Gasteiger charge is 2.09. The van der Waals surface area contributed by atoms with Crippen molar-refractivity contribution in [2.75, 3.05) is 0 Å². The lowest BCUT2D eigenvalue weighted by atomic mass is 10.2. The highest BCUT2D eigenvalue weighted by Crippen LogP contribution is 2.24. The molecule has 0 saturated carbocycles. The molecule has 1 heterocycles. The van der Waals surface area contributed by atoms with E-state index in [1.165, 1.54) is 12.1 Å². The van der Waals surface area contributed by atoms with E-state index in [2.05, 4.69) is 20.9 Å². The summed E-state index contributed by atoms with van der Waals surface area (Å²) in [4.78, 5) is 4.31. The zero-order valence-corrected chi connectivity index (χ0v) is 12.6. The van der Waals surface area contributed by atoms with Crippen LogP contribution in [0, 0.1) is 5.82 Å². The Hall–Kier alpha value is -2.14.